The first kappa shape index (κ1) is 56.3. The first-order valence-electron chi connectivity index (χ1n) is 20.3. The van der Waals surface area contributed by atoms with Crippen LogP contribution in [0.5, 0.6) is 0 Å². The molecular weight excluding hydrogens is 778 g/mol. The molecule has 0 saturated heterocycles. The van der Waals surface area contributed by atoms with E-state index in [9.17, 15) is 27.3 Å². The van der Waals surface area contributed by atoms with Gasteiger partial charge in [-0.15, -0.1) is 0 Å². The third kappa shape index (κ3) is 37.7. The standard InChI is InChI=1S/C38H73NO8P.CHF3O3S/c1-7-10-12-14-16-18-20-22-24-26-28-30-37(40)43-34-36(35-46-48(42,44-9-3)45-33-32-39(4,5)6)47-38(41)31-29-27-25-23-21-19-17-15-13-11-8-2;2-1(3,4)8(5,6)7/h14-17,36H,7-13,18-35H2,1-6H3;(H,5,6,7)/q+1;/p-1/b16-14+,17-15+;/t36-,48?;/m1./s1. The number of hydrogen-bond acceptors (Lipinski definition) is 11. The Kier molecular flexibility index (Phi) is 34.3. The number of nitrogens with zero attached hydrogens (tertiary/aromatic N) is 1. The SMILES string of the molecule is CCCC/C=C/CCCCCCCC(=O)OC[C@H](COP(=O)(OCC)OCC[N+](C)(C)C)OC(=O)CCCCCCC/C=C/CCCC.O=S(=O)([O-])C(F)(F)F. The number of quaternary nitrogens is 1. The molecule has 0 rings (SSSR count). The molecule has 0 spiro atoms. The van der Waals surface area contributed by atoms with Gasteiger partial charge in [0.1, 0.15) is 19.8 Å². The van der Waals surface area contributed by atoms with Crippen molar-refractivity contribution in [2.24, 2.45) is 0 Å². The summed E-state index contributed by atoms with van der Waals surface area (Å²) in [7, 11) is -3.98. The lowest BCUT2D eigenvalue weighted by molar-refractivity contribution is -0.870. The van der Waals surface area contributed by atoms with E-state index in [0.717, 1.165) is 77.0 Å². The predicted octanol–water partition coefficient (Wildman–Crippen LogP) is 10.3. The molecule has 0 fully saturated rings. The largest absolute Gasteiger partial charge is 0.741 e. The van der Waals surface area contributed by atoms with Gasteiger partial charge in [-0.1, -0.05) is 102 Å². The van der Waals surface area contributed by atoms with E-state index in [-0.39, 0.29) is 38.8 Å². The maximum atomic E-state index is 13.2. The fourth-order valence-corrected chi connectivity index (χ4v) is 5.92. The first-order chi connectivity index (χ1) is 26.3. The summed E-state index contributed by atoms with van der Waals surface area (Å²) in [6.45, 7) is 6.58. The van der Waals surface area contributed by atoms with Gasteiger partial charge in [0.05, 0.1) is 34.4 Å². The van der Waals surface area contributed by atoms with Gasteiger partial charge in [0.15, 0.2) is 16.2 Å². The molecule has 0 aromatic heterocycles. The van der Waals surface area contributed by atoms with Crippen LogP contribution in [0.4, 0.5) is 13.2 Å². The molecule has 0 aromatic rings. The minimum Gasteiger partial charge on any atom is -0.741 e. The molecular formula is C39H73F3NO11PS. The number of halogens is 3. The first-order valence-corrected chi connectivity index (χ1v) is 23.2. The normalized spacial score (nSPS) is 14.0. The lowest BCUT2D eigenvalue weighted by atomic mass is 10.1. The number of rotatable bonds is 34. The summed E-state index contributed by atoms with van der Waals surface area (Å²) in [6.07, 6.45) is 28.4. The molecule has 12 nitrogen and oxygen atoms in total. The van der Waals surface area contributed by atoms with Crippen LogP contribution in [0, 0.1) is 0 Å². The number of carbonyl (C=O) groups is 2. The number of phosphoric acid groups is 1. The van der Waals surface area contributed by atoms with Crippen LogP contribution < -0.4 is 0 Å². The van der Waals surface area contributed by atoms with Gasteiger partial charge < -0.3 is 18.5 Å². The summed E-state index contributed by atoms with van der Waals surface area (Å²) in [4.78, 5) is 25.2. The Labute approximate surface area is 336 Å². The number of allylic oxidation sites excluding steroid dienone is 4. The quantitative estimate of drug-likeness (QED) is 0.0116. The minimum absolute atomic E-state index is 0.131. The van der Waals surface area contributed by atoms with Crippen LogP contribution in [-0.2, 0) is 47.3 Å². The molecule has 0 aromatic carbocycles. The van der Waals surface area contributed by atoms with Gasteiger partial charge in [-0.2, -0.15) is 13.2 Å². The monoisotopic (exact) mass is 851 g/mol. The van der Waals surface area contributed by atoms with Crippen LogP contribution in [0.15, 0.2) is 24.3 Å². The van der Waals surface area contributed by atoms with Crippen molar-refractivity contribution < 1.29 is 67.8 Å². The number of phosphoric ester groups is 1. The molecule has 2 atom stereocenters. The summed E-state index contributed by atoms with van der Waals surface area (Å²) >= 11 is 0. The number of carbonyl (C=O) groups excluding carboxylic acids is 2. The molecule has 0 radical (unpaired) electrons. The maximum Gasteiger partial charge on any atom is 0.485 e. The fourth-order valence-electron chi connectivity index (χ4n) is 4.73. The van der Waals surface area contributed by atoms with Crippen molar-refractivity contribution in [3.05, 3.63) is 24.3 Å². The van der Waals surface area contributed by atoms with Crippen LogP contribution in [0.2, 0.25) is 0 Å². The van der Waals surface area contributed by atoms with Crippen molar-refractivity contribution in [3.63, 3.8) is 0 Å². The number of hydrogen-bond donors (Lipinski definition) is 0. The minimum atomic E-state index is -6.09. The second-order valence-corrected chi connectivity index (χ2v) is 17.6. The molecule has 17 heteroatoms. The van der Waals surface area contributed by atoms with Crippen LogP contribution in [0.25, 0.3) is 0 Å². The Bertz CT molecular complexity index is 1210. The average Bonchev–Trinajstić information content (AvgIpc) is 3.09. The van der Waals surface area contributed by atoms with E-state index in [0.29, 0.717) is 17.4 Å². The van der Waals surface area contributed by atoms with Gasteiger partial charge in [-0.25, -0.2) is 13.0 Å². The second kappa shape index (κ2) is 34.1. The molecule has 0 heterocycles. The third-order valence-electron chi connectivity index (χ3n) is 8.01. The molecule has 0 saturated carbocycles. The molecule has 0 N–H and O–H groups in total. The molecule has 332 valence electrons. The number of alkyl halides is 3. The zero-order valence-electron chi connectivity index (χ0n) is 35.0. The topological polar surface area (TPSA) is 155 Å². The van der Waals surface area contributed by atoms with E-state index >= 15 is 0 Å². The Balaban J connectivity index is 0. The summed E-state index contributed by atoms with van der Waals surface area (Å²) in [6, 6.07) is 0. The summed E-state index contributed by atoms with van der Waals surface area (Å²) in [5, 5.41) is 0. The van der Waals surface area contributed by atoms with E-state index in [1.54, 1.807) is 6.92 Å². The van der Waals surface area contributed by atoms with Gasteiger partial charge >= 0.3 is 25.3 Å². The zero-order chi connectivity index (χ0) is 42.8. The van der Waals surface area contributed by atoms with Crippen molar-refractivity contribution >= 4 is 29.9 Å². The summed E-state index contributed by atoms with van der Waals surface area (Å²) in [5.41, 5.74) is -5.65. The Morgan fingerprint density at radius 3 is 1.54 bits per heavy atom. The Morgan fingerprint density at radius 1 is 0.679 bits per heavy atom. The lowest BCUT2D eigenvalue weighted by Gasteiger charge is -2.25. The summed E-state index contributed by atoms with van der Waals surface area (Å²) < 4.78 is 100. The Morgan fingerprint density at radius 2 is 1.11 bits per heavy atom. The molecule has 0 aliphatic rings. The maximum absolute atomic E-state index is 13.2. The van der Waals surface area contributed by atoms with Crippen molar-refractivity contribution in [3.8, 4) is 0 Å². The van der Waals surface area contributed by atoms with Crippen LogP contribution in [0.1, 0.15) is 149 Å². The third-order valence-corrected chi connectivity index (χ3v) is 10.1. The van der Waals surface area contributed by atoms with Gasteiger partial charge in [0.25, 0.3) is 0 Å². The van der Waals surface area contributed by atoms with Crippen molar-refractivity contribution in [1.29, 1.82) is 0 Å². The van der Waals surface area contributed by atoms with Crippen molar-refractivity contribution in [1.82, 2.24) is 0 Å². The van der Waals surface area contributed by atoms with E-state index in [2.05, 4.69) is 38.2 Å². The van der Waals surface area contributed by atoms with E-state index in [4.69, 9.17) is 36.0 Å². The predicted molar refractivity (Wildman–Crippen MR) is 213 cm³/mol. The molecule has 0 bridgehead atoms. The highest BCUT2D eigenvalue weighted by atomic mass is 32.2. The highest BCUT2D eigenvalue weighted by Crippen LogP contribution is 2.49. The smallest absolute Gasteiger partial charge is 0.485 e. The highest BCUT2D eigenvalue weighted by Gasteiger charge is 2.37. The van der Waals surface area contributed by atoms with E-state index < -0.39 is 35.5 Å². The Hall–Kier alpha value is -1.81. The number of likely N-dealkylation sites (N-methyl/N-ethyl adjacent to an activating group) is 1. The van der Waals surface area contributed by atoms with Crippen LogP contribution in [0.3, 0.4) is 0 Å². The van der Waals surface area contributed by atoms with Crippen LogP contribution >= 0.6 is 7.82 Å². The number of esters is 2. The molecule has 1 unspecified atom stereocenters. The van der Waals surface area contributed by atoms with Crippen molar-refractivity contribution in [2.45, 2.75) is 161 Å². The molecule has 0 aliphatic heterocycles. The fraction of sp³-hybridized carbons (Fsp3) is 0.846. The van der Waals surface area contributed by atoms with Gasteiger partial charge in [0, 0.05) is 12.8 Å². The second-order valence-electron chi connectivity index (χ2n) is 14.5. The molecule has 0 aliphatic carbocycles. The average molecular weight is 852 g/mol. The van der Waals surface area contributed by atoms with E-state index in [1.807, 2.05) is 21.1 Å². The lowest BCUT2D eigenvalue weighted by Crippen LogP contribution is -2.37. The van der Waals surface area contributed by atoms with Crippen LogP contribution in [-0.4, -0.2) is 95.1 Å². The number of ether oxygens (including phenoxy) is 2. The molecule has 56 heavy (non-hydrogen) atoms. The highest BCUT2D eigenvalue weighted by molar-refractivity contribution is 7.86. The summed E-state index contributed by atoms with van der Waals surface area (Å²) in [5.74, 6) is -0.738. The van der Waals surface area contributed by atoms with E-state index in [1.165, 1.54) is 38.5 Å². The van der Waals surface area contributed by atoms with Gasteiger partial charge in [0.2, 0.25) is 0 Å². The van der Waals surface area contributed by atoms with Gasteiger partial charge in [-0.05, 0) is 58.3 Å². The number of unbranched alkanes of at least 4 members (excludes halogenated alkanes) is 14. The van der Waals surface area contributed by atoms with Gasteiger partial charge in [-0.3, -0.25) is 23.2 Å². The molecule has 0 amide bonds. The van der Waals surface area contributed by atoms with Crippen molar-refractivity contribution in [2.75, 3.05) is 54.1 Å². The zero-order valence-corrected chi connectivity index (χ0v) is 36.7.